The lowest BCUT2D eigenvalue weighted by atomic mass is 10.2. The van der Waals surface area contributed by atoms with E-state index in [2.05, 4.69) is 4.98 Å². The van der Waals surface area contributed by atoms with Gasteiger partial charge in [0, 0.05) is 30.5 Å². The van der Waals surface area contributed by atoms with Crippen LogP contribution in [0.5, 0.6) is 0 Å². The van der Waals surface area contributed by atoms with E-state index in [-0.39, 0.29) is 0 Å². The molecule has 0 unspecified atom stereocenters. The highest BCUT2D eigenvalue weighted by Gasteiger charge is 2.09. The van der Waals surface area contributed by atoms with Crippen LogP contribution in [0, 0.1) is 0 Å². The first kappa shape index (κ1) is 9.21. The third kappa shape index (κ3) is 1.21. The molecule has 0 atom stereocenters. The number of aldehydes is 1. The summed E-state index contributed by atoms with van der Waals surface area (Å²) in [5.41, 5.74) is 1.44. The van der Waals surface area contributed by atoms with Crippen LogP contribution in [0.3, 0.4) is 0 Å². The molecule has 4 heteroatoms. The summed E-state index contributed by atoms with van der Waals surface area (Å²) in [7, 11) is 0. The normalized spacial score (nSPS) is 10.7. The predicted octanol–water partition coefficient (Wildman–Crippen LogP) is 2.52. The van der Waals surface area contributed by atoms with Crippen LogP contribution in [0.25, 0.3) is 10.9 Å². The molecule has 0 spiro atoms. The van der Waals surface area contributed by atoms with Gasteiger partial charge in [-0.1, -0.05) is 11.6 Å². The summed E-state index contributed by atoms with van der Waals surface area (Å²) in [5.74, 6) is 0. The number of rotatable bonds is 2. The molecule has 14 heavy (non-hydrogen) atoms. The van der Waals surface area contributed by atoms with Crippen molar-refractivity contribution in [3.63, 3.8) is 0 Å². The van der Waals surface area contributed by atoms with Crippen molar-refractivity contribution in [1.29, 1.82) is 0 Å². The molecule has 0 N–H and O–H groups in total. The van der Waals surface area contributed by atoms with Crippen molar-refractivity contribution in [2.45, 2.75) is 13.5 Å². The second-order valence-electron chi connectivity index (χ2n) is 3.01. The Bertz CT molecular complexity index is 490. The van der Waals surface area contributed by atoms with Crippen molar-refractivity contribution >= 4 is 28.8 Å². The number of fused-ring (bicyclic) bond motifs is 1. The van der Waals surface area contributed by atoms with Crippen molar-refractivity contribution in [2.75, 3.05) is 0 Å². The van der Waals surface area contributed by atoms with Gasteiger partial charge in [-0.05, 0) is 6.92 Å². The molecule has 2 aromatic rings. The van der Waals surface area contributed by atoms with Gasteiger partial charge in [-0.15, -0.1) is 0 Å². The molecule has 2 rings (SSSR count). The van der Waals surface area contributed by atoms with Crippen molar-refractivity contribution in [3.05, 3.63) is 29.2 Å². The van der Waals surface area contributed by atoms with Crippen LogP contribution in [0.4, 0.5) is 0 Å². The number of aryl methyl sites for hydroxylation is 1. The lowest BCUT2D eigenvalue weighted by Crippen LogP contribution is -1.95. The minimum Gasteiger partial charge on any atom is -0.346 e. The summed E-state index contributed by atoms with van der Waals surface area (Å²) < 4.78 is 1.95. The summed E-state index contributed by atoms with van der Waals surface area (Å²) in [4.78, 5) is 14.8. The zero-order valence-electron chi connectivity index (χ0n) is 7.70. The lowest BCUT2D eigenvalue weighted by Gasteiger charge is -2.01. The number of carbonyl (C=O) groups excluding carboxylic acids is 1. The van der Waals surface area contributed by atoms with Crippen LogP contribution in [-0.4, -0.2) is 15.8 Å². The molecular formula is C10H9ClN2O. The first-order valence-electron chi connectivity index (χ1n) is 4.35. The highest BCUT2D eigenvalue weighted by molar-refractivity contribution is 6.35. The Morgan fingerprint density at radius 1 is 1.57 bits per heavy atom. The van der Waals surface area contributed by atoms with E-state index in [0.29, 0.717) is 10.6 Å². The topological polar surface area (TPSA) is 34.9 Å². The summed E-state index contributed by atoms with van der Waals surface area (Å²) in [5, 5.41) is 1.47. The van der Waals surface area contributed by atoms with Crippen LogP contribution < -0.4 is 0 Å². The van der Waals surface area contributed by atoms with Crippen molar-refractivity contribution in [1.82, 2.24) is 9.55 Å². The number of carbonyl (C=O) groups is 1. The van der Waals surface area contributed by atoms with E-state index in [1.165, 1.54) is 0 Å². The predicted molar refractivity (Wildman–Crippen MR) is 55.8 cm³/mol. The van der Waals surface area contributed by atoms with E-state index < -0.39 is 0 Å². The maximum Gasteiger partial charge on any atom is 0.153 e. The molecule has 0 bridgehead atoms. The van der Waals surface area contributed by atoms with Crippen LogP contribution >= 0.6 is 11.6 Å². The zero-order chi connectivity index (χ0) is 10.1. The highest BCUT2D eigenvalue weighted by Crippen LogP contribution is 2.26. The molecular weight excluding hydrogens is 200 g/mol. The van der Waals surface area contributed by atoms with E-state index in [4.69, 9.17) is 11.6 Å². The fourth-order valence-corrected chi connectivity index (χ4v) is 1.83. The second kappa shape index (κ2) is 3.42. The Morgan fingerprint density at radius 2 is 2.36 bits per heavy atom. The van der Waals surface area contributed by atoms with Gasteiger partial charge in [0.2, 0.25) is 0 Å². The highest BCUT2D eigenvalue weighted by atomic mass is 35.5. The Kier molecular flexibility index (Phi) is 2.25. The molecule has 0 aliphatic rings. The molecule has 0 fully saturated rings. The minimum atomic E-state index is 0.580. The largest absolute Gasteiger partial charge is 0.346 e. The van der Waals surface area contributed by atoms with Gasteiger partial charge in [0.05, 0.1) is 16.1 Å². The molecule has 0 radical (unpaired) electrons. The first-order chi connectivity index (χ1) is 6.77. The smallest absolute Gasteiger partial charge is 0.153 e. The molecule has 0 saturated heterocycles. The van der Waals surface area contributed by atoms with E-state index in [0.717, 1.165) is 23.7 Å². The fourth-order valence-electron chi connectivity index (χ4n) is 1.57. The van der Waals surface area contributed by atoms with Gasteiger partial charge < -0.3 is 4.57 Å². The average Bonchev–Trinajstić information content (AvgIpc) is 2.56. The van der Waals surface area contributed by atoms with Crippen LogP contribution in [0.1, 0.15) is 17.3 Å². The van der Waals surface area contributed by atoms with Crippen molar-refractivity contribution in [3.8, 4) is 0 Å². The molecule has 0 aromatic carbocycles. The Balaban J connectivity index is 2.89. The zero-order valence-corrected chi connectivity index (χ0v) is 8.45. The first-order valence-corrected chi connectivity index (χ1v) is 4.73. The molecule has 2 aromatic heterocycles. The maximum atomic E-state index is 10.8. The summed E-state index contributed by atoms with van der Waals surface area (Å²) in [6.45, 7) is 2.79. The van der Waals surface area contributed by atoms with E-state index >= 15 is 0 Å². The van der Waals surface area contributed by atoms with Crippen molar-refractivity contribution in [2.24, 2.45) is 0 Å². The summed E-state index contributed by atoms with van der Waals surface area (Å²) in [6.07, 6.45) is 5.85. The molecule has 0 saturated carbocycles. The van der Waals surface area contributed by atoms with Gasteiger partial charge in [-0.25, -0.2) is 0 Å². The van der Waals surface area contributed by atoms with Gasteiger partial charge in [0.25, 0.3) is 0 Å². The number of pyridine rings is 1. The Hall–Kier alpha value is -1.35. The minimum absolute atomic E-state index is 0.580. The molecule has 72 valence electrons. The standard InChI is InChI=1S/C10H9ClN2O/c1-2-13-5-9(11)8-4-12-3-7(6-14)10(8)13/h3-6H,2H2,1H3. The van der Waals surface area contributed by atoms with Gasteiger partial charge in [-0.2, -0.15) is 0 Å². The second-order valence-corrected chi connectivity index (χ2v) is 3.41. The van der Waals surface area contributed by atoms with Gasteiger partial charge in [-0.3, -0.25) is 9.78 Å². The number of hydrogen-bond donors (Lipinski definition) is 0. The third-order valence-electron chi connectivity index (χ3n) is 2.23. The molecule has 0 amide bonds. The fraction of sp³-hybridized carbons (Fsp3) is 0.200. The van der Waals surface area contributed by atoms with E-state index in [1.807, 2.05) is 17.7 Å². The van der Waals surface area contributed by atoms with Gasteiger partial charge >= 0.3 is 0 Å². The Labute approximate surface area is 86.3 Å². The van der Waals surface area contributed by atoms with Crippen LogP contribution in [-0.2, 0) is 6.54 Å². The maximum absolute atomic E-state index is 10.8. The average molecular weight is 209 g/mol. The number of halogens is 1. The van der Waals surface area contributed by atoms with Crippen molar-refractivity contribution < 1.29 is 4.79 Å². The van der Waals surface area contributed by atoms with E-state index in [1.54, 1.807) is 12.4 Å². The Morgan fingerprint density at radius 3 is 3.00 bits per heavy atom. The van der Waals surface area contributed by atoms with E-state index in [9.17, 15) is 4.79 Å². The monoisotopic (exact) mass is 208 g/mol. The lowest BCUT2D eigenvalue weighted by molar-refractivity contribution is 0.112. The van der Waals surface area contributed by atoms with Gasteiger partial charge in [0.15, 0.2) is 6.29 Å². The summed E-state index contributed by atoms with van der Waals surface area (Å²) >= 11 is 6.01. The molecule has 0 aliphatic heterocycles. The number of nitrogens with zero attached hydrogens (tertiary/aromatic N) is 2. The summed E-state index contributed by atoms with van der Waals surface area (Å²) in [6, 6.07) is 0. The van der Waals surface area contributed by atoms with Crippen LogP contribution in [0.15, 0.2) is 18.6 Å². The molecule has 3 nitrogen and oxygen atoms in total. The number of aromatic nitrogens is 2. The van der Waals surface area contributed by atoms with Crippen LogP contribution in [0.2, 0.25) is 5.02 Å². The number of hydrogen-bond acceptors (Lipinski definition) is 2. The molecule has 0 aliphatic carbocycles. The van der Waals surface area contributed by atoms with Gasteiger partial charge in [0.1, 0.15) is 0 Å². The molecule has 2 heterocycles. The third-order valence-corrected chi connectivity index (χ3v) is 2.53. The SMILES string of the molecule is CCn1cc(Cl)c2cncc(C=O)c21. The quantitative estimate of drug-likeness (QED) is 0.711.